The van der Waals surface area contributed by atoms with Crippen LogP contribution in [0.15, 0.2) is 18.5 Å². The molecule has 5 nitrogen and oxygen atoms in total. The Hall–Kier alpha value is -1.49. The fourth-order valence-electron chi connectivity index (χ4n) is 1.92. The average Bonchev–Trinajstić information content (AvgIpc) is 2.80. The van der Waals surface area contributed by atoms with Crippen molar-refractivity contribution in [1.82, 2.24) is 15.2 Å². The minimum atomic E-state index is -0.450. The zero-order chi connectivity index (χ0) is 15.9. The highest BCUT2D eigenvalue weighted by Crippen LogP contribution is 2.07. The van der Waals surface area contributed by atoms with Gasteiger partial charge in [-0.3, -0.25) is 0 Å². The SMILES string of the molecule is CCn1ccc(CNCCC(C)NC(=O)OC(C)(C)C)c1. The zero-order valence-electron chi connectivity index (χ0n) is 13.9. The Balaban J connectivity index is 2.15. The molecule has 0 saturated carbocycles. The molecule has 0 aliphatic carbocycles. The Morgan fingerprint density at radius 1 is 1.43 bits per heavy atom. The number of hydrogen-bond acceptors (Lipinski definition) is 3. The maximum absolute atomic E-state index is 11.6. The lowest BCUT2D eigenvalue weighted by Crippen LogP contribution is -2.38. The first-order chi connectivity index (χ1) is 9.80. The van der Waals surface area contributed by atoms with Gasteiger partial charge in [-0.1, -0.05) is 0 Å². The molecule has 0 bridgehead atoms. The molecule has 0 fully saturated rings. The quantitative estimate of drug-likeness (QED) is 0.761. The normalized spacial score (nSPS) is 13.0. The van der Waals surface area contributed by atoms with E-state index >= 15 is 0 Å². The number of aryl methyl sites for hydroxylation is 1. The molecule has 1 heterocycles. The number of carbonyl (C=O) groups is 1. The van der Waals surface area contributed by atoms with Crippen LogP contribution < -0.4 is 10.6 Å². The first-order valence-corrected chi connectivity index (χ1v) is 7.65. The van der Waals surface area contributed by atoms with E-state index in [-0.39, 0.29) is 12.1 Å². The number of alkyl carbamates (subject to hydrolysis) is 1. The largest absolute Gasteiger partial charge is 0.444 e. The van der Waals surface area contributed by atoms with E-state index in [9.17, 15) is 4.79 Å². The zero-order valence-corrected chi connectivity index (χ0v) is 13.9. The lowest BCUT2D eigenvalue weighted by Gasteiger charge is -2.22. The Morgan fingerprint density at radius 3 is 2.71 bits per heavy atom. The number of rotatable bonds is 7. The lowest BCUT2D eigenvalue weighted by atomic mass is 10.2. The average molecular weight is 295 g/mol. The summed E-state index contributed by atoms with van der Waals surface area (Å²) in [6.07, 6.45) is 4.75. The summed E-state index contributed by atoms with van der Waals surface area (Å²) < 4.78 is 7.38. The molecule has 21 heavy (non-hydrogen) atoms. The van der Waals surface area contributed by atoms with E-state index < -0.39 is 5.60 Å². The Morgan fingerprint density at radius 2 is 2.14 bits per heavy atom. The summed E-state index contributed by atoms with van der Waals surface area (Å²) >= 11 is 0. The number of aromatic nitrogens is 1. The van der Waals surface area contributed by atoms with Gasteiger partial charge in [-0.2, -0.15) is 0 Å². The van der Waals surface area contributed by atoms with Gasteiger partial charge >= 0.3 is 6.09 Å². The lowest BCUT2D eigenvalue weighted by molar-refractivity contribution is 0.0506. The number of ether oxygens (including phenoxy) is 1. The molecule has 0 aliphatic rings. The van der Waals surface area contributed by atoms with Crippen LogP contribution in [0.5, 0.6) is 0 Å². The van der Waals surface area contributed by atoms with Gasteiger partial charge in [0.2, 0.25) is 0 Å². The van der Waals surface area contributed by atoms with Gasteiger partial charge in [0.1, 0.15) is 5.60 Å². The molecule has 1 unspecified atom stereocenters. The summed E-state index contributed by atoms with van der Waals surface area (Å²) in [7, 11) is 0. The summed E-state index contributed by atoms with van der Waals surface area (Å²) in [5.41, 5.74) is 0.832. The van der Waals surface area contributed by atoms with Gasteiger partial charge < -0.3 is 19.9 Å². The van der Waals surface area contributed by atoms with Crippen LogP contribution in [0.2, 0.25) is 0 Å². The van der Waals surface area contributed by atoms with Gasteiger partial charge in [-0.15, -0.1) is 0 Å². The minimum Gasteiger partial charge on any atom is -0.444 e. The second-order valence-electron chi connectivity index (χ2n) is 6.36. The first-order valence-electron chi connectivity index (χ1n) is 7.65. The Kier molecular flexibility index (Phi) is 6.75. The minimum absolute atomic E-state index is 0.0904. The molecule has 0 saturated heterocycles. The molecular weight excluding hydrogens is 266 g/mol. The van der Waals surface area contributed by atoms with E-state index in [1.165, 1.54) is 5.56 Å². The molecule has 0 aromatic carbocycles. The molecule has 1 aromatic rings. The van der Waals surface area contributed by atoms with Crippen molar-refractivity contribution in [3.05, 3.63) is 24.0 Å². The predicted octanol–water partition coefficient (Wildman–Crippen LogP) is 2.90. The van der Waals surface area contributed by atoms with Crippen LogP contribution in [0.1, 0.15) is 46.6 Å². The van der Waals surface area contributed by atoms with E-state index in [1.807, 2.05) is 27.7 Å². The topological polar surface area (TPSA) is 55.3 Å². The summed E-state index contributed by atoms with van der Waals surface area (Å²) in [5, 5.41) is 6.23. The van der Waals surface area contributed by atoms with Gasteiger partial charge in [0, 0.05) is 31.5 Å². The van der Waals surface area contributed by atoms with Gasteiger partial charge in [-0.05, 0) is 59.2 Å². The molecular formula is C16H29N3O2. The highest BCUT2D eigenvalue weighted by molar-refractivity contribution is 5.67. The molecule has 120 valence electrons. The van der Waals surface area contributed by atoms with Crippen molar-refractivity contribution in [2.45, 2.75) is 65.8 Å². The third-order valence-electron chi connectivity index (χ3n) is 3.02. The van der Waals surface area contributed by atoms with E-state index in [1.54, 1.807) is 0 Å². The fourth-order valence-corrected chi connectivity index (χ4v) is 1.92. The predicted molar refractivity (Wildman–Crippen MR) is 85.3 cm³/mol. The number of nitrogens with zero attached hydrogens (tertiary/aromatic N) is 1. The third-order valence-corrected chi connectivity index (χ3v) is 3.02. The molecule has 1 atom stereocenters. The molecule has 0 aliphatic heterocycles. The fraction of sp³-hybridized carbons (Fsp3) is 0.688. The number of carbonyl (C=O) groups excluding carboxylic acids is 1. The number of nitrogens with one attached hydrogen (secondary N) is 2. The maximum Gasteiger partial charge on any atom is 0.407 e. The van der Waals surface area contributed by atoms with Crippen molar-refractivity contribution in [1.29, 1.82) is 0 Å². The van der Waals surface area contributed by atoms with Crippen molar-refractivity contribution in [3.8, 4) is 0 Å². The third kappa shape index (κ3) is 7.75. The van der Waals surface area contributed by atoms with Crippen LogP contribution in [0.25, 0.3) is 0 Å². The van der Waals surface area contributed by atoms with Gasteiger partial charge in [-0.25, -0.2) is 4.79 Å². The highest BCUT2D eigenvalue weighted by atomic mass is 16.6. The van der Waals surface area contributed by atoms with Gasteiger partial charge in [0.25, 0.3) is 0 Å². The van der Waals surface area contributed by atoms with Gasteiger partial charge in [0.15, 0.2) is 0 Å². The number of amides is 1. The van der Waals surface area contributed by atoms with Crippen molar-refractivity contribution in [2.75, 3.05) is 6.54 Å². The van der Waals surface area contributed by atoms with Crippen LogP contribution in [0.3, 0.4) is 0 Å². The highest BCUT2D eigenvalue weighted by Gasteiger charge is 2.17. The molecule has 0 radical (unpaired) electrons. The summed E-state index contributed by atoms with van der Waals surface area (Å²) in [6, 6.07) is 2.21. The monoisotopic (exact) mass is 295 g/mol. The van der Waals surface area contributed by atoms with Crippen molar-refractivity contribution < 1.29 is 9.53 Å². The van der Waals surface area contributed by atoms with Gasteiger partial charge in [0.05, 0.1) is 0 Å². The summed E-state index contributed by atoms with van der Waals surface area (Å²) in [5.74, 6) is 0. The molecule has 1 amide bonds. The van der Waals surface area contributed by atoms with Crippen molar-refractivity contribution in [2.24, 2.45) is 0 Å². The van der Waals surface area contributed by atoms with E-state index in [0.717, 1.165) is 26.1 Å². The van der Waals surface area contributed by atoms with Crippen molar-refractivity contribution in [3.63, 3.8) is 0 Å². The molecule has 1 aromatic heterocycles. The number of hydrogen-bond donors (Lipinski definition) is 2. The summed E-state index contributed by atoms with van der Waals surface area (Å²) in [6.45, 7) is 12.4. The summed E-state index contributed by atoms with van der Waals surface area (Å²) in [4.78, 5) is 11.6. The van der Waals surface area contributed by atoms with Crippen LogP contribution in [-0.4, -0.2) is 28.8 Å². The molecule has 2 N–H and O–H groups in total. The van der Waals surface area contributed by atoms with Crippen LogP contribution in [-0.2, 0) is 17.8 Å². The van der Waals surface area contributed by atoms with Crippen LogP contribution >= 0.6 is 0 Å². The van der Waals surface area contributed by atoms with E-state index in [4.69, 9.17) is 4.74 Å². The Bertz CT molecular complexity index is 435. The van der Waals surface area contributed by atoms with E-state index in [0.29, 0.717) is 0 Å². The second kappa shape index (κ2) is 8.08. The van der Waals surface area contributed by atoms with E-state index in [2.05, 4.69) is 40.6 Å². The molecule has 5 heteroatoms. The maximum atomic E-state index is 11.6. The standard InChI is InChI=1S/C16H29N3O2/c1-6-19-10-8-14(12-19)11-17-9-7-13(2)18-15(20)21-16(3,4)5/h8,10,12-13,17H,6-7,9,11H2,1-5H3,(H,18,20). The molecule has 1 rings (SSSR count). The Labute approximate surface area is 128 Å². The van der Waals surface area contributed by atoms with Crippen molar-refractivity contribution >= 4 is 6.09 Å². The first kappa shape index (κ1) is 17.6. The second-order valence-corrected chi connectivity index (χ2v) is 6.36. The van der Waals surface area contributed by atoms with Crippen LogP contribution in [0, 0.1) is 0 Å². The van der Waals surface area contributed by atoms with Crippen LogP contribution in [0.4, 0.5) is 4.79 Å². The smallest absolute Gasteiger partial charge is 0.407 e. The molecule has 0 spiro atoms.